The van der Waals surface area contributed by atoms with Gasteiger partial charge in [-0.1, -0.05) is 0 Å². The van der Waals surface area contributed by atoms with Gasteiger partial charge >= 0.3 is 5.97 Å². The maximum atomic E-state index is 13.1. The summed E-state index contributed by atoms with van der Waals surface area (Å²) in [5.74, 6) is -1.91. The highest BCUT2D eigenvalue weighted by Crippen LogP contribution is 2.42. The quantitative estimate of drug-likeness (QED) is 0.652. The van der Waals surface area contributed by atoms with Gasteiger partial charge in [0.2, 0.25) is 6.17 Å². The zero-order valence-corrected chi connectivity index (χ0v) is 7.36. The summed E-state index contributed by atoms with van der Waals surface area (Å²) in [5, 5.41) is 18.1. The van der Waals surface area contributed by atoms with Crippen LogP contribution in [0.4, 0.5) is 4.39 Å². The van der Waals surface area contributed by atoms with E-state index in [0.717, 1.165) is 0 Å². The lowest BCUT2D eigenvalue weighted by molar-refractivity contribution is -0.162. The Balaban J connectivity index is 2.70. The first-order valence-corrected chi connectivity index (χ1v) is 4.10. The van der Waals surface area contributed by atoms with Crippen molar-refractivity contribution in [1.29, 1.82) is 0 Å². The Bertz CT molecular complexity index is 204. The van der Waals surface area contributed by atoms with E-state index in [2.05, 4.69) is 4.74 Å². The van der Waals surface area contributed by atoms with Crippen LogP contribution in [0.15, 0.2) is 0 Å². The molecule has 5 heteroatoms. The number of methoxy groups -OCH3 is 1. The van der Waals surface area contributed by atoms with Crippen molar-refractivity contribution in [3.63, 3.8) is 0 Å². The normalized spacial score (nSPS) is 23.6. The van der Waals surface area contributed by atoms with E-state index in [1.165, 1.54) is 7.11 Å². The predicted octanol–water partition coefficient (Wildman–Crippen LogP) is 0.197. The van der Waals surface area contributed by atoms with Crippen LogP contribution >= 0.6 is 0 Å². The second-order valence-corrected chi connectivity index (χ2v) is 3.40. The fourth-order valence-corrected chi connectivity index (χ4v) is 1.43. The Hall–Kier alpha value is -0.680. The molecule has 0 aromatic rings. The molecule has 1 saturated carbocycles. The number of carboxylic acids is 1. The number of rotatable bonds is 5. The van der Waals surface area contributed by atoms with Gasteiger partial charge in [0, 0.05) is 7.11 Å². The molecule has 0 aromatic carbocycles. The molecular weight excluding hydrogens is 179 g/mol. The fourth-order valence-electron chi connectivity index (χ4n) is 1.43. The molecule has 0 amide bonds. The molecule has 0 saturated heterocycles. The maximum Gasteiger partial charge on any atom is 0.341 e. The molecule has 76 valence electrons. The van der Waals surface area contributed by atoms with Gasteiger partial charge in [-0.2, -0.15) is 0 Å². The van der Waals surface area contributed by atoms with Crippen molar-refractivity contribution in [3.05, 3.63) is 0 Å². The minimum Gasteiger partial charge on any atom is -0.479 e. The first-order valence-electron chi connectivity index (χ1n) is 4.10. The maximum absolute atomic E-state index is 13.1. The van der Waals surface area contributed by atoms with Crippen molar-refractivity contribution in [2.45, 2.75) is 24.6 Å². The largest absolute Gasteiger partial charge is 0.479 e. The molecule has 2 N–H and O–H groups in total. The van der Waals surface area contributed by atoms with E-state index in [0.29, 0.717) is 12.8 Å². The Morgan fingerprint density at radius 1 is 1.77 bits per heavy atom. The zero-order valence-electron chi connectivity index (χ0n) is 7.36. The van der Waals surface area contributed by atoms with Crippen molar-refractivity contribution in [2.24, 2.45) is 5.92 Å². The molecule has 1 rings (SSSR count). The number of ether oxygens (including phenoxy) is 1. The predicted molar refractivity (Wildman–Crippen MR) is 42.1 cm³/mol. The van der Waals surface area contributed by atoms with Gasteiger partial charge in [-0.25, -0.2) is 9.18 Å². The van der Waals surface area contributed by atoms with Crippen LogP contribution in [-0.2, 0) is 9.53 Å². The van der Waals surface area contributed by atoms with Gasteiger partial charge < -0.3 is 14.9 Å². The van der Waals surface area contributed by atoms with E-state index in [-0.39, 0.29) is 12.5 Å². The number of hydrogen-bond acceptors (Lipinski definition) is 3. The lowest BCUT2D eigenvalue weighted by atomic mass is 9.93. The van der Waals surface area contributed by atoms with Gasteiger partial charge in [-0.15, -0.1) is 0 Å². The number of alkyl halides is 1. The molecule has 0 spiro atoms. The fraction of sp³-hybridized carbons (Fsp3) is 0.875. The topological polar surface area (TPSA) is 66.8 Å². The Morgan fingerprint density at radius 3 is 2.62 bits per heavy atom. The highest BCUT2D eigenvalue weighted by molar-refractivity contribution is 5.74. The molecule has 0 heterocycles. The van der Waals surface area contributed by atoms with E-state index in [9.17, 15) is 14.3 Å². The van der Waals surface area contributed by atoms with E-state index in [4.69, 9.17) is 5.11 Å². The molecule has 1 fully saturated rings. The van der Waals surface area contributed by atoms with Crippen molar-refractivity contribution in [1.82, 2.24) is 0 Å². The minimum absolute atomic E-state index is 0.273. The summed E-state index contributed by atoms with van der Waals surface area (Å²) in [7, 11) is 1.31. The average molecular weight is 192 g/mol. The second kappa shape index (κ2) is 3.59. The van der Waals surface area contributed by atoms with Crippen LogP contribution in [0, 0.1) is 5.92 Å². The van der Waals surface area contributed by atoms with Gasteiger partial charge in [-0.05, 0) is 18.8 Å². The Morgan fingerprint density at radius 2 is 2.31 bits per heavy atom. The minimum atomic E-state index is -2.26. The van der Waals surface area contributed by atoms with Crippen LogP contribution in [0.2, 0.25) is 0 Å². The molecule has 2 atom stereocenters. The number of carboxylic acid groups (broad SMARTS) is 1. The summed E-state index contributed by atoms with van der Waals surface area (Å²) in [5.41, 5.74) is -1.85. The van der Waals surface area contributed by atoms with Crippen LogP contribution in [0.1, 0.15) is 12.8 Å². The van der Waals surface area contributed by atoms with Crippen molar-refractivity contribution in [3.8, 4) is 0 Å². The lowest BCUT2D eigenvalue weighted by Gasteiger charge is -2.28. The van der Waals surface area contributed by atoms with Crippen LogP contribution in [0.3, 0.4) is 0 Å². The molecule has 0 aromatic heterocycles. The van der Waals surface area contributed by atoms with Crippen molar-refractivity contribution < 1.29 is 24.1 Å². The number of halogens is 1. The first-order chi connectivity index (χ1) is 6.02. The highest BCUT2D eigenvalue weighted by Gasteiger charge is 2.53. The third-order valence-corrected chi connectivity index (χ3v) is 2.32. The van der Waals surface area contributed by atoms with E-state index in [1.54, 1.807) is 0 Å². The van der Waals surface area contributed by atoms with Gasteiger partial charge in [0.1, 0.15) is 5.60 Å². The third kappa shape index (κ3) is 1.97. The van der Waals surface area contributed by atoms with E-state index in [1.807, 2.05) is 0 Å². The zero-order chi connectivity index (χ0) is 10.1. The first kappa shape index (κ1) is 10.4. The standard InChI is InChI=1S/C8H13FO4/c1-13-4-8(12,5-2-3-5)6(9)7(10)11/h5-6,12H,2-4H2,1H3,(H,10,11). The molecule has 0 radical (unpaired) electrons. The molecule has 2 unspecified atom stereocenters. The molecule has 1 aliphatic rings. The molecule has 4 nitrogen and oxygen atoms in total. The summed E-state index contributed by atoms with van der Waals surface area (Å²) < 4.78 is 17.7. The smallest absolute Gasteiger partial charge is 0.341 e. The number of carbonyl (C=O) groups is 1. The van der Waals surface area contributed by atoms with Crippen LogP contribution in [0.5, 0.6) is 0 Å². The average Bonchev–Trinajstić information content (AvgIpc) is 2.85. The Kier molecular flexibility index (Phi) is 2.87. The highest BCUT2D eigenvalue weighted by atomic mass is 19.1. The number of aliphatic hydroxyl groups is 1. The van der Waals surface area contributed by atoms with Gasteiger partial charge in [0.25, 0.3) is 0 Å². The number of hydrogen-bond donors (Lipinski definition) is 2. The second-order valence-electron chi connectivity index (χ2n) is 3.40. The van der Waals surface area contributed by atoms with Crippen molar-refractivity contribution >= 4 is 5.97 Å². The molecule has 13 heavy (non-hydrogen) atoms. The summed E-state index contributed by atoms with van der Waals surface area (Å²) in [6.07, 6.45) is -0.943. The summed E-state index contributed by atoms with van der Waals surface area (Å²) in [6, 6.07) is 0. The monoisotopic (exact) mass is 192 g/mol. The van der Waals surface area contributed by atoms with Crippen LogP contribution < -0.4 is 0 Å². The lowest BCUT2D eigenvalue weighted by Crippen LogP contribution is -2.50. The summed E-state index contributed by atoms with van der Waals surface area (Å²) in [4.78, 5) is 10.4. The molecule has 0 bridgehead atoms. The van der Waals surface area contributed by atoms with Crippen molar-refractivity contribution in [2.75, 3.05) is 13.7 Å². The third-order valence-electron chi connectivity index (χ3n) is 2.32. The van der Waals surface area contributed by atoms with E-state index >= 15 is 0 Å². The molecular formula is C8H13FO4. The SMILES string of the molecule is COCC(O)(C1CC1)C(F)C(=O)O. The summed E-state index contributed by atoms with van der Waals surface area (Å²) in [6.45, 7) is -0.273. The van der Waals surface area contributed by atoms with E-state index < -0.39 is 17.7 Å². The van der Waals surface area contributed by atoms with Gasteiger partial charge in [0.15, 0.2) is 0 Å². The van der Waals surface area contributed by atoms with Gasteiger partial charge in [-0.3, -0.25) is 0 Å². The van der Waals surface area contributed by atoms with Gasteiger partial charge in [0.05, 0.1) is 6.61 Å². The molecule has 0 aliphatic heterocycles. The Labute approximate surface area is 75.3 Å². The number of aliphatic carboxylic acids is 1. The van der Waals surface area contributed by atoms with Crippen LogP contribution in [-0.4, -0.2) is 41.7 Å². The summed E-state index contributed by atoms with van der Waals surface area (Å²) >= 11 is 0. The van der Waals surface area contributed by atoms with Crippen LogP contribution in [0.25, 0.3) is 0 Å². The molecule has 1 aliphatic carbocycles.